The van der Waals surface area contributed by atoms with Crippen molar-refractivity contribution in [2.75, 3.05) is 6.61 Å². The summed E-state index contributed by atoms with van der Waals surface area (Å²) in [5.41, 5.74) is 1.58. The van der Waals surface area contributed by atoms with Gasteiger partial charge >= 0.3 is 0 Å². The van der Waals surface area contributed by atoms with Crippen LogP contribution in [0, 0.1) is 6.92 Å². The predicted octanol–water partition coefficient (Wildman–Crippen LogP) is -0.00748. The minimum Gasteiger partial charge on any atom is -0.394 e. The van der Waals surface area contributed by atoms with E-state index in [0.29, 0.717) is 6.54 Å². The van der Waals surface area contributed by atoms with Gasteiger partial charge in [-0.25, -0.2) is 4.63 Å². The van der Waals surface area contributed by atoms with E-state index in [1.54, 1.807) is 0 Å². The van der Waals surface area contributed by atoms with Crippen molar-refractivity contribution in [3.63, 3.8) is 0 Å². The Kier molecular flexibility index (Phi) is 2.05. The molecule has 1 saturated carbocycles. The van der Waals surface area contributed by atoms with Gasteiger partial charge in [0.25, 0.3) is 0 Å². The van der Waals surface area contributed by atoms with E-state index in [0.717, 1.165) is 24.2 Å². The fraction of sp³-hybridized carbons (Fsp3) is 0.750. The van der Waals surface area contributed by atoms with Crippen LogP contribution in [0.2, 0.25) is 0 Å². The van der Waals surface area contributed by atoms with Gasteiger partial charge in [0.1, 0.15) is 11.4 Å². The Hall–Kier alpha value is -0.940. The maximum Gasteiger partial charge on any atom is 0.121 e. The average Bonchev–Trinajstić information content (AvgIpc) is 2.82. The smallest absolute Gasteiger partial charge is 0.121 e. The largest absolute Gasteiger partial charge is 0.394 e. The van der Waals surface area contributed by atoms with Gasteiger partial charge in [0.2, 0.25) is 0 Å². The highest BCUT2D eigenvalue weighted by Crippen LogP contribution is 2.34. The maximum atomic E-state index is 9.03. The molecule has 0 aromatic carbocycles. The first kappa shape index (κ1) is 8.65. The van der Waals surface area contributed by atoms with Gasteiger partial charge in [0.15, 0.2) is 0 Å². The lowest BCUT2D eigenvalue weighted by Gasteiger charge is -2.12. The normalized spacial score (nSPS) is 18.9. The van der Waals surface area contributed by atoms with E-state index < -0.39 is 0 Å². The number of rotatable bonds is 4. The quantitative estimate of drug-likeness (QED) is 0.687. The van der Waals surface area contributed by atoms with Crippen LogP contribution in [0.3, 0.4) is 0 Å². The summed E-state index contributed by atoms with van der Waals surface area (Å²) in [5, 5.41) is 19.7. The Morgan fingerprint density at radius 3 is 2.77 bits per heavy atom. The van der Waals surface area contributed by atoms with Gasteiger partial charge in [-0.2, -0.15) is 0 Å². The maximum absolute atomic E-state index is 9.03. The molecule has 5 nitrogen and oxygen atoms in total. The monoisotopic (exact) mass is 183 g/mol. The van der Waals surface area contributed by atoms with E-state index in [-0.39, 0.29) is 12.1 Å². The molecule has 1 heterocycles. The van der Waals surface area contributed by atoms with Crippen molar-refractivity contribution in [1.29, 1.82) is 0 Å². The van der Waals surface area contributed by atoms with Gasteiger partial charge in [-0.1, -0.05) is 10.3 Å². The highest BCUT2D eigenvalue weighted by atomic mass is 16.6. The molecule has 0 saturated heterocycles. The SMILES string of the molecule is Cc1nonc1CNC1(CO)CC1. The second-order valence-electron chi connectivity index (χ2n) is 3.59. The molecule has 0 amide bonds. The van der Waals surface area contributed by atoms with Gasteiger partial charge in [-0.3, -0.25) is 0 Å². The van der Waals surface area contributed by atoms with Crippen LogP contribution in [0.15, 0.2) is 4.63 Å². The second-order valence-corrected chi connectivity index (χ2v) is 3.59. The predicted molar refractivity (Wildman–Crippen MR) is 44.9 cm³/mol. The highest BCUT2D eigenvalue weighted by molar-refractivity contribution is 5.08. The molecule has 2 rings (SSSR count). The van der Waals surface area contributed by atoms with Crippen molar-refractivity contribution in [2.24, 2.45) is 0 Å². The number of hydrogen-bond donors (Lipinski definition) is 2. The number of hydrogen-bond acceptors (Lipinski definition) is 5. The summed E-state index contributed by atoms with van der Waals surface area (Å²) in [6.45, 7) is 2.67. The lowest BCUT2D eigenvalue weighted by atomic mass is 10.2. The number of aromatic nitrogens is 2. The van der Waals surface area contributed by atoms with Gasteiger partial charge in [-0.15, -0.1) is 0 Å². The Labute approximate surface area is 76.1 Å². The molecule has 0 aliphatic heterocycles. The third kappa shape index (κ3) is 1.71. The summed E-state index contributed by atoms with van der Waals surface area (Å²) >= 11 is 0. The molecule has 1 aliphatic carbocycles. The molecule has 72 valence electrons. The molecule has 1 aromatic heterocycles. The molecular formula is C8H13N3O2. The summed E-state index contributed by atoms with van der Waals surface area (Å²) in [7, 11) is 0. The third-order valence-electron chi connectivity index (χ3n) is 2.53. The average molecular weight is 183 g/mol. The van der Waals surface area contributed by atoms with Gasteiger partial charge in [0.05, 0.1) is 6.61 Å². The second kappa shape index (κ2) is 3.08. The van der Waals surface area contributed by atoms with Gasteiger partial charge in [0, 0.05) is 12.1 Å². The van der Waals surface area contributed by atoms with Crippen molar-refractivity contribution >= 4 is 0 Å². The number of aliphatic hydroxyl groups excluding tert-OH is 1. The fourth-order valence-corrected chi connectivity index (χ4v) is 1.22. The number of nitrogens with zero attached hydrogens (tertiary/aromatic N) is 2. The Balaban J connectivity index is 1.90. The molecular weight excluding hydrogens is 170 g/mol. The molecule has 1 fully saturated rings. The zero-order valence-electron chi connectivity index (χ0n) is 7.58. The first-order chi connectivity index (χ1) is 6.26. The van der Waals surface area contributed by atoms with Crippen LogP contribution in [-0.4, -0.2) is 27.6 Å². The molecule has 0 spiro atoms. The van der Waals surface area contributed by atoms with Crippen LogP contribution < -0.4 is 5.32 Å². The van der Waals surface area contributed by atoms with Gasteiger partial charge in [-0.05, 0) is 19.8 Å². The minimum atomic E-state index is -0.0502. The van der Waals surface area contributed by atoms with E-state index in [1.165, 1.54) is 0 Å². The van der Waals surface area contributed by atoms with Crippen LogP contribution in [0.5, 0.6) is 0 Å². The summed E-state index contributed by atoms with van der Waals surface area (Å²) in [4.78, 5) is 0. The van der Waals surface area contributed by atoms with Crippen LogP contribution in [-0.2, 0) is 6.54 Å². The minimum absolute atomic E-state index is 0.0502. The van der Waals surface area contributed by atoms with Crippen LogP contribution >= 0.6 is 0 Å². The molecule has 0 atom stereocenters. The van der Waals surface area contributed by atoms with Crippen LogP contribution in [0.4, 0.5) is 0 Å². The molecule has 1 aromatic rings. The molecule has 13 heavy (non-hydrogen) atoms. The molecule has 2 N–H and O–H groups in total. The zero-order chi connectivity index (χ0) is 9.31. The Morgan fingerprint density at radius 1 is 1.54 bits per heavy atom. The highest BCUT2D eigenvalue weighted by Gasteiger charge is 2.41. The number of aryl methyl sites for hydroxylation is 1. The Morgan fingerprint density at radius 2 is 2.31 bits per heavy atom. The molecule has 0 bridgehead atoms. The van der Waals surface area contributed by atoms with Gasteiger partial charge < -0.3 is 10.4 Å². The first-order valence-electron chi connectivity index (χ1n) is 4.40. The van der Waals surface area contributed by atoms with E-state index in [1.807, 2.05) is 6.92 Å². The zero-order valence-corrected chi connectivity index (χ0v) is 7.58. The van der Waals surface area contributed by atoms with Crippen molar-refractivity contribution in [1.82, 2.24) is 15.6 Å². The van der Waals surface area contributed by atoms with Crippen molar-refractivity contribution in [2.45, 2.75) is 31.8 Å². The van der Waals surface area contributed by atoms with E-state index in [4.69, 9.17) is 5.11 Å². The van der Waals surface area contributed by atoms with Crippen molar-refractivity contribution in [3.05, 3.63) is 11.4 Å². The molecule has 5 heteroatoms. The van der Waals surface area contributed by atoms with Crippen LogP contribution in [0.1, 0.15) is 24.2 Å². The third-order valence-corrected chi connectivity index (χ3v) is 2.53. The van der Waals surface area contributed by atoms with Crippen molar-refractivity contribution in [3.8, 4) is 0 Å². The molecule has 1 aliphatic rings. The summed E-state index contributed by atoms with van der Waals surface area (Å²) in [6.07, 6.45) is 2.07. The number of nitrogens with one attached hydrogen (secondary N) is 1. The molecule has 0 radical (unpaired) electrons. The van der Waals surface area contributed by atoms with E-state index >= 15 is 0 Å². The lowest BCUT2D eigenvalue weighted by Crippen LogP contribution is -2.34. The van der Waals surface area contributed by atoms with E-state index in [2.05, 4.69) is 20.3 Å². The molecule has 0 unspecified atom stereocenters. The lowest BCUT2D eigenvalue weighted by molar-refractivity contribution is 0.228. The van der Waals surface area contributed by atoms with Crippen molar-refractivity contribution < 1.29 is 9.74 Å². The standard InChI is InChI=1S/C8H13N3O2/c1-6-7(11-13-10-6)4-9-8(5-12)2-3-8/h9,12H,2-5H2,1H3. The summed E-state index contributed by atoms with van der Waals surface area (Å²) < 4.78 is 4.56. The Bertz CT molecular complexity index is 293. The van der Waals surface area contributed by atoms with Crippen LogP contribution in [0.25, 0.3) is 0 Å². The summed E-state index contributed by atoms with van der Waals surface area (Å²) in [6, 6.07) is 0. The first-order valence-corrected chi connectivity index (χ1v) is 4.40. The topological polar surface area (TPSA) is 71.2 Å². The number of aliphatic hydroxyl groups is 1. The summed E-state index contributed by atoms with van der Waals surface area (Å²) in [5.74, 6) is 0. The van der Waals surface area contributed by atoms with E-state index in [9.17, 15) is 0 Å². The fourth-order valence-electron chi connectivity index (χ4n) is 1.22.